The van der Waals surface area contributed by atoms with Crippen LogP contribution in [0.2, 0.25) is 0 Å². The van der Waals surface area contributed by atoms with Crippen molar-refractivity contribution in [3.05, 3.63) is 199 Å². The van der Waals surface area contributed by atoms with Crippen LogP contribution in [0.15, 0.2) is 188 Å². The van der Waals surface area contributed by atoms with Gasteiger partial charge in [0.25, 0.3) is 0 Å². The van der Waals surface area contributed by atoms with Crippen molar-refractivity contribution in [2.75, 3.05) is 0 Å². The first-order valence-electron chi connectivity index (χ1n) is 20.6. The van der Waals surface area contributed by atoms with Gasteiger partial charge in [0.1, 0.15) is 5.01 Å². The molecule has 61 heavy (non-hydrogen) atoms. The number of nitrogens with zero attached hydrogens (tertiary/aromatic N) is 5. The molecule has 0 amide bonds. The van der Waals surface area contributed by atoms with Crippen LogP contribution in [0, 0.1) is 0 Å². The molecule has 288 valence electrons. The summed E-state index contributed by atoms with van der Waals surface area (Å²) in [5.74, 6) is 1.95. The molecule has 0 spiro atoms. The summed E-state index contributed by atoms with van der Waals surface area (Å²) in [5.41, 5.74) is 16.0. The van der Waals surface area contributed by atoms with Crippen molar-refractivity contribution in [2.45, 2.75) is 19.3 Å². The monoisotopic (exact) mass is 799 g/mol. The number of rotatable bonds is 6. The van der Waals surface area contributed by atoms with Crippen molar-refractivity contribution < 1.29 is 0 Å². The molecule has 0 unspecified atom stereocenters. The van der Waals surface area contributed by atoms with Gasteiger partial charge in [0.05, 0.1) is 21.3 Å². The zero-order valence-corrected chi connectivity index (χ0v) is 34.4. The van der Waals surface area contributed by atoms with Crippen LogP contribution in [0.3, 0.4) is 0 Å². The van der Waals surface area contributed by atoms with Crippen LogP contribution in [0.1, 0.15) is 25.0 Å². The molecule has 6 heteroatoms. The Labute approximate surface area is 357 Å². The number of fused-ring (bicyclic) bond motifs is 8. The number of hydrogen-bond acceptors (Lipinski definition) is 5. The fourth-order valence-electron chi connectivity index (χ4n) is 9.23. The number of aromatic nitrogens is 5. The lowest BCUT2D eigenvalue weighted by atomic mass is 9.82. The first kappa shape index (κ1) is 35.4. The van der Waals surface area contributed by atoms with E-state index in [0.29, 0.717) is 17.5 Å². The predicted molar refractivity (Wildman–Crippen MR) is 252 cm³/mol. The number of hydrogen-bond donors (Lipinski definition) is 0. The molecule has 0 radical (unpaired) electrons. The molecule has 12 rings (SSSR count). The van der Waals surface area contributed by atoms with Crippen LogP contribution in [-0.4, -0.2) is 24.5 Å². The predicted octanol–water partition coefficient (Wildman–Crippen LogP) is 14.2. The second kappa shape index (κ2) is 13.8. The summed E-state index contributed by atoms with van der Waals surface area (Å²) in [7, 11) is 0. The largest absolute Gasteiger partial charge is 0.309 e. The van der Waals surface area contributed by atoms with Gasteiger partial charge in [0, 0.05) is 49.7 Å². The van der Waals surface area contributed by atoms with Gasteiger partial charge in [-0.1, -0.05) is 166 Å². The lowest BCUT2D eigenvalue weighted by molar-refractivity contribution is 0.661. The van der Waals surface area contributed by atoms with E-state index in [4.69, 9.17) is 19.9 Å². The van der Waals surface area contributed by atoms with Gasteiger partial charge in [0.2, 0.25) is 0 Å². The van der Waals surface area contributed by atoms with Crippen molar-refractivity contribution in [3.63, 3.8) is 0 Å². The highest BCUT2D eigenvalue weighted by Gasteiger charge is 2.37. The van der Waals surface area contributed by atoms with Gasteiger partial charge in [-0.2, -0.15) is 0 Å². The summed E-state index contributed by atoms with van der Waals surface area (Å²) in [6.07, 6.45) is 0. The molecule has 1 aliphatic carbocycles. The van der Waals surface area contributed by atoms with E-state index in [1.165, 1.54) is 48.8 Å². The van der Waals surface area contributed by atoms with E-state index in [1.807, 2.05) is 60.7 Å². The molecule has 0 N–H and O–H groups in total. The van der Waals surface area contributed by atoms with E-state index in [-0.39, 0.29) is 5.41 Å². The second-order valence-electron chi connectivity index (χ2n) is 16.3. The van der Waals surface area contributed by atoms with Crippen LogP contribution in [0.25, 0.3) is 105 Å². The zero-order chi connectivity index (χ0) is 40.7. The van der Waals surface area contributed by atoms with E-state index in [0.717, 1.165) is 49.6 Å². The molecule has 11 aromatic rings. The smallest absolute Gasteiger partial charge is 0.164 e. The molecule has 0 saturated heterocycles. The normalized spacial score (nSPS) is 12.9. The fraction of sp³-hybridized carbons (Fsp3) is 0.0545. The Morgan fingerprint density at radius 3 is 1.64 bits per heavy atom. The molecule has 0 bridgehead atoms. The Balaban J connectivity index is 0.945. The number of para-hydroxylation sites is 1. The first-order chi connectivity index (χ1) is 30.0. The third-order valence-electron chi connectivity index (χ3n) is 12.3. The highest BCUT2D eigenvalue weighted by atomic mass is 32.1. The lowest BCUT2D eigenvalue weighted by Crippen LogP contribution is -2.14. The molecule has 0 fully saturated rings. The summed E-state index contributed by atoms with van der Waals surface area (Å²) in [6, 6.07) is 66.5. The Hall–Kier alpha value is -7.54. The van der Waals surface area contributed by atoms with Crippen LogP contribution in [0.4, 0.5) is 0 Å². The van der Waals surface area contributed by atoms with E-state index >= 15 is 0 Å². The van der Waals surface area contributed by atoms with Crippen molar-refractivity contribution >= 4 is 43.4 Å². The Kier molecular flexibility index (Phi) is 7.99. The SMILES string of the molecule is CC1(C)c2ccc(-n3c4ccccc4c4cc(-c5ccc(-c6nc(-c7ccccc7)nc(-c7ccccc7)n6)cc5)ccc43)cc2-c2c1ccc1nc(-c3ccccc3)sc21. The van der Waals surface area contributed by atoms with E-state index < -0.39 is 0 Å². The average Bonchev–Trinajstić information content (AvgIpc) is 3.98. The van der Waals surface area contributed by atoms with Crippen LogP contribution < -0.4 is 0 Å². The van der Waals surface area contributed by atoms with Crippen LogP contribution >= 0.6 is 11.3 Å². The Morgan fingerprint density at radius 1 is 0.426 bits per heavy atom. The third-order valence-corrected chi connectivity index (χ3v) is 13.4. The molecule has 0 saturated carbocycles. The molecule has 5 nitrogen and oxygen atoms in total. The van der Waals surface area contributed by atoms with E-state index in [9.17, 15) is 0 Å². The van der Waals surface area contributed by atoms with Crippen LogP contribution in [0.5, 0.6) is 0 Å². The second-order valence-corrected chi connectivity index (χ2v) is 17.3. The molecule has 0 aliphatic heterocycles. The van der Waals surface area contributed by atoms with Crippen LogP contribution in [-0.2, 0) is 5.41 Å². The summed E-state index contributed by atoms with van der Waals surface area (Å²) in [6.45, 7) is 4.70. The highest BCUT2D eigenvalue weighted by molar-refractivity contribution is 7.22. The summed E-state index contributed by atoms with van der Waals surface area (Å²) >= 11 is 1.80. The first-order valence-corrected chi connectivity index (χ1v) is 21.5. The highest BCUT2D eigenvalue weighted by Crippen LogP contribution is 2.53. The Morgan fingerprint density at radius 2 is 0.967 bits per heavy atom. The average molecular weight is 800 g/mol. The topological polar surface area (TPSA) is 56.5 Å². The third kappa shape index (κ3) is 5.75. The van der Waals surface area contributed by atoms with Gasteiger partial charge in [-0.3, -0.25) is 0 Å². The van der Waals surface area contributed by atoms with Crippen molar-refractivity contribution in [2.24, 2.45) is 0 Å². The minimum absolute atomic E-state index is 0.128. The standard InChI is InChI=1S/C55H37N5S/c1-55(2)44-28-27-40(33-43(44)49-45(55)29-30-46-50(49)61-54(56-46)38-18-10-5-11-19-38)60-47-21-13-12-20-41(47)42-32-39(26-31-48(42)60)34-22-24-37(25-23-34)53-58-51(35-14-6-3-7-15-35)57-52(59-53)36-16-8-4-9-17-36/h3-33H,1-2H3. The lowest BCUT2D eigenvalue weighted by Gasteiger charge is -2.21. The van der Waals surface area contributed by atoms with Gasteiger partial charge in [-0.05, 0) is 64.2 Å². The summed E-state index contributed by atoms with van der Waals surface area (Å²) in [4.78, 5) is 19.9. The van der Waals surface area contributed by atoms with E-state index in [2.05, 4.69) is 146 Å². The quantitative estimate of drug-likeness (QED) is 0.168. The summed E-state index contributed by atoms with van der Waals surface area (Å²) in [5, 5.41) is 3.49. The molecule has 0 atom stereocenters. The van der Waals surface area contributed by atoms with Gasteiger partial charge >= 0.3 is 0 Å². The van der Waals surface area contributed by atoms with Gasteiger partial charge in [0.15, 0.2) is 17.5 Å². The maximum Gasteiger partial charge on any atom is 0.164 e. The maximum absolute atomic E-state index is 5.12. The molecular weight excluding hydrogens is 763 g/mol. The van der Waals surface area contributed by atoms with Gasteiger partial charge < -0.3 is 4.57 Å². The zero-order valence-electron chi connectivity index (χ0n) is 33.5. The minimum atomic E-state index is -0.128. The van der Waals surface area contributed by atoms with Gasteiger partial charge in [-0.15, -0.1) is 11.3 Å². The maximum atomic E-state index is 5.12. The van der Waals surface area contributed by atoms with Crippen molar-refractivity contribution in [1.82, 2.24) is 24.5 Å². The molecular formula is C55H37N5S. The van der Waals surface area contributed by atoms with Crippen molar-refractivity contribution in [1.29, 1.82) is 0 Å². The number of benzene rings is 8. The number of thiazole rings is 1. The fourth-order valence-corrected chi connectivity index (χ4v) is 10.4. The minimum Gasteiger partial charge on any atom is -0.309 e. The van der Waals surface area contributed by atoms with Gasteiger partial charge in [-0.25, -0.2) is 19.9 Å². The molecule has 1 aliphatic rings. The van der Waals surface area contributed by atoms with E-state index in [1.54, 1.807) is 11.3 Å². The van der Waals surface area contributed by atoms with Crippen molar-refractivity contribution in [3.8, 4) is 72.7 Å². The molecule has 8 aromatic carbocycles. The summed E-state index contributed by atoms with van der Waals surface area (Å²) < 4.78 is 3.68. The Bertz CT molecular complexity index is 3420. The molecule has 3 heterocycles. The molecule has 3 aromatic heterocycles.